The summed E-state index contributed by atoms with van der Waals surface area (Å²) in [5.74, 6) is 0.901. The van der Waals surface area contributed by atoms with Crippen LogP contribution in [0, 0.1) is 0 Å². The van der Waals surface area contributed by atoms with Crippen molar-refractivity contribution in [2.45, 2.75) is 12.5 Å². The summed E-state index contributed by atoms with van der Waals surface area (Å²) in [6, 6.07) is 17.6. The molecule has 2 heteroatoms. The lowest BCUT2D eigenvalue weighted by Crippen LogP contribution is -2.20. The van der Waals surface area contributed by atoms with Crippen LogP contribution in [0.4, 0.5) is 0 Å². The van der Waals surface area contributed by atoms with Gasteiger partial charge in [0.2, 0.25) is 0 Å². The third-order valence-electron chi connectivity index (χ3n) is 3.35. The number of fused-ring (bicyclic) bond motifs is 1. The molecule has 2 nitrogen and oxygen atoms in total. The highest BCUT2D eigenvalue weighted by molar-refractivity contribution is 5.94. The summed E-state index contributed by atoms with van der Waals surface area (Å²) in [7, 11) is 0. The van der Waals surface area contributed by atoms with Gasteiger partial charge in [-0.15, -0.1) is 0 Å². The number of carbonyl (C=O) groups excluding carboxylic acids is 1. The van der Waals surface area contributed by atoms with Crippen LogP contribution >= 0.6 is 0 Å². The lowest BCUT2D eigenvalue weighted by Gasteiger charge is -2.20. The van der Waals surface area contributed by atoms with E-state index in [1.54, 1.807) is 6.08 Å². The smallest absolute Gasteiger partial charge is 0.159 e. The van der Waals surface area contributed by atoms with Crippen LogP contribution in [-0.4, -0.2) is 11.9 Å². The van der Waals surface area contributed by atoms with E-state index < -0.39 is 0 Å². The number of ketones is 1. The summed E-state index contributed by atoms with van der Waals surface area (Å²) < 4.78 is 5.81. The van der Waals surface area contributed by atoms with Crippen LogP contribution < -0.4 is 4.74 Å². The van der Waals surface area contributed by atoms with Crippen molar-refractivity contribution in [3.63, 3.8) is 0 Å². The Kier molecular flexibility index (Phi) is 3.97. The summed E-state index contributed by atoms with van der Waals surface area (Å²) >= 11 is 0. The number of hydrogen-bond donors (Lipinski definition) is 0. The van der Waals surface area contributed by atoms with Gasteiger partial charge in [0, 0.05) is 5.56 Å². The Balaban J connectivity index is 1.61. The van der Waals surface area contributed by atoms with Crippen LogP contribution in [0.1, 0.15) is 17.5 Å². The molecule has 1 unspecified atom stereocenters. The van der Waals surface area contributed by atoms with Crippen LogP contribution in [0.15, 0.2) is 66.7 Å². The molecule has 1 aliphatic heterocycles. The molecule has 104 valence electrons. The number of hydrogen-bond acceptors (Lipinski definition) is 2. The van der Waals surface area contributed by atoms with Crippen molar-refractivity contribution in [3.05, 3.63) is 77.9 Å². The SMILES string of the molecule is O=C(/C=C/c1ccccc1)CC1C=Cc2ccccc2O1. The van der Waals surface area contributed by atoms with Crippen molar-refractivity contribution in [2.24, 2.45) is 0 Å². The van der Waals surface area contributed by atoms with Crippen LogP contribution in [0.5, 0.6) is 5.75 Å². The minimum absolute atomic E-state index is 0.0629. The maximum absolute atomic E-state index is 12.0. The normalized spacial score (nSPS) is 16.5. The van der Waals surface area contributed by atoms with Crippen LogP contribution in [0.3, 0.4) is 0 Å². The van der Waals surface area contributed by atoms with Crippen molar-refractivity contribution in [1.82, 2.24) is 0 Å². The van der Waals surface area contributed by atoms with Crippen molar-refractivity contribution in [1.29, 1.82) is 0 Å². The Bertz CT molecular complexity index is 684. The van der Waals surface area contributed by atoms with Gasteiger partial charge in [0.05, 0.1) is 6.42 Å². The molecule has 1 aliphatic rings. The zero-order valence-electron chi connectivity index (χ0n) is 11.6. The van der Waals surface area contributed by atoms with Crippen LogP contribution in [-0.2, 0) is 4.79 Å². The van der Waals surface area contributed by atoms with Gasteiger partial charge in [0.15, 0.2) is 5.78 Å². The highest BCUT2D eigenvalue weighted by Gasteiger charge is 2.16. The molecule has 0 saturated heterocycles. The highest BCUT2D eigenvalue weighted by atomic mass is 16.5. The van der Waals surface area contributed by atoms with E-state index in [0.29, 0.717) is 6.42 Å². The standard InChI is InChI=1S/C19H16O2/c20-17(12-10-15-6-2-1-3-7-15)14-18-13-11-16-8-4-5-9-19(16)21-18/h1-13,18H,14H2/b12-10+. The van der Waals surface area contributed by atoms with Gasteiger partial charge in [0.1, 0.15) is 11.9 Å². The molecule has 2 aromatic carbocycles. The molecule has 0 bridgehead atoms. The molecule has 0 fully saturated rings. The maximum atomic E-state index is 12.0. The Morgan fingerprint density at radius 2 is 1.81 bits per heavy atom. The first-order valence-corrected chi connectivity index (χ1v) is 7.01. The third kappa shape index (κ3) is 3.48. The summed E-state index contributed by atoms with van der Waals surface area (Å²) in [5, 5.41) is 0. The first-order chi connectivity index (χ1) is 10.3. The average molecular weight is 276 g/mol. The van der Waals surface area contributed by atoms with Gasteiger partial charge in [-0.1, -0.05) is 60.7 Å². The van der Waals surface area contributed by atoms with Crippen molar-refractivity contribution in [3.8, 4) is 5.75 Å². The number of carbonyl (C=O) groups is 1. The average Bonchev–Trinajstić information content (AvgIpc) is 2.54. The van der Waals surface area contributed by atoms with E-state index in [1.165, 1.54) is 0 Å². The fraction of sp³-hybridized carbons (Fsp3) is 0.105. The second-order valence-electron chi connectivity index (χ2n) is 4.97. The van der Waals surface area contributed by atoms with Crippen molar-refractivity contribution < 1.29 is 9.53 Å². The van der Waals surface area contributed by atoms with E-state index in [1.807, 2.05) is 72.8 Å². The Morgan fingerprint density at radius 3 is 2.67 bits per heavy atom. The van der Waals surface area contributed by atoms with Gasteiger partial charge in [-0.3, -0.25) is 4.79 Å². The van der Waals surface area contributed by atoms with Gasteiger partial charge in [-0.25, -0.2) is 0 Å². The highest BCUT2D eigenvalue weighted by Crippen LogP contribution is 2.26. The van der Waals surface area contributed by atoms with E-state index in [9.17, 15) is 4.79 Å². The topological polar surface area (TPSA) is 26.3 Å². The molecular formula is C19H16O2. The molecule has 1 heterocycles. The molecule has 21 heavy (non-hydrogen) atoms. The number of benzene rings is 2. The largest absolute Gasteiger partial charge is 0.485 e. The molecule has 0 spiro atoms. The number of rotatable bonds is 4. The van der Waals surface area contributed by atoms with Crippen LogP contribution in [0.25, 0.3) is 12.2 Å². The molecule has 2 aromatic rings. The first-order valence-electron chi connectivity index (χ1n) is 7.01. The number of para-hydroxylation sites is 1. The number of allylic oxidation sites excluding steroid dienone is 1. The quantitative estimate of drug-likeness (QED) is 0.785. The first kappa shape index (κ1) is 13.4. The minimum atomic E-state index is -0.187. The van der Waals surface area contributed by atoms with Gasteiger partial charge in [-0.05, 0) is 23.8 Å². The molecule has 3 rings (SSSR count). The Morgan fingerprint density at radius 1 is 1.05 bits per heavy atom. The molecular weight excluding hydrogens is 260 g/mol. The predicted molar refractivity (Wildman–Crippen MR) is 85.0 cm³/mol. The fourth-order valence-electron chi connectivity index (χ4n) is 2.27. The van der Waals surface area contributed by atoms with Gasteiger partial charge in [0.25, 0.3) is 0 Å². The molecule has 0 amide bonds. The van der Waals surface area contributed by atoms with E-state index in [2.05, 4.69) is 0 Å². The lowest BCUT2D eigenvalue weighted by atomic mass is 10.1. The maximum Gasteiger partial charge on any atom is 0.159 e. The second-order valence-corrected chi connectivity index (χ2v) is 4.97. The zero-order valence-corrected chi connectivity index (χ0v) is 11.6. The van der Waals surface area contributed by atoms with E-state index in [-0.39, 0.29) is 11.9 Å². The Labute approximate surface area is 124 Å². The van der Waals surface area contributed by atoms with Crippen LogP contribution in [0.2, 0.25) is 0 Å². The van der Waals surface area contributed by atoms with Gasteiger partial charge >= 0.3 is 0 Å². The van der Waals surface area contributed by atoms with Gasteiger partial charge < -0.3 is 4.74 Å². The second kappa shape index (κ2) is 6.23. The van der Waals surface area contributed by atoms with E-state index in [0.717, 1.165) is 16.9 Å². The summed E-state index contributed by atoms with van der Waals surface area (Å²) in [5.41, 5.74) is 2.08. The molecule has 0 N–H and O–H groups in total. The predicted octanol–water partition coefficient (Wildman–Crippen LogP) is 4.13. The summed E-state index contributed by atoms with van der Waals surface area (Å²) in [4.78, 5) is 12.0. The third-order valence-corrected chi connectivity index (χ3v) is 3.35. The molecule has 0 aliphatic carbocycles. The van der Waals surface area contributed by atoms with Crippen molar-refractivity contribution in [2.75, 3.05) is 0 Å². The van der Waals surface area contributed by atoms with Crippen molar-refractivity contribution >= 4 is 17.9 Å². The molecule has 0 radical (unpaired) electrons. The zero-order chi connectivity index (χ0) is 14.5. The lowest BCUT2D eigenvalue weighted by molar-refractivity contribution is -0.115. The van der Waals surface area contributed by atoms with E-state index in [4.69, 9.17) is 4.74 Å². The van der Waals surface area contributed by atoms with Gasteiger partial charge in [-0.2, -0.15) is 0 Å². The number of ether oxygens (including phenoxy) is 1. The monoisotopic (exact) mass is 276 g/mol. The summed E-state index contributed by atoms with van der Waals surface area (Å²) in [6.45, 7) is 0. The molecule has 0 saturated carbocycles. The Hall–Kier alpha value is -2.61. The fourth-order valence-corrected chi connectivity index (χ4v) is 2.27. The molecule has 0 aromatic heterocycles. The molecule has 1 atom stereocenters. The summed E-state index contributed by atoms with van der Waals surface area (Å²) in [6.07, 6.45) is 7.58. The van der Waals surface area contributed by atoms with E-state index >= 15 is 0 Å². The minimum Gasteiger partial charge on any atom is -0.485 e.